The minimum Gasteiger partial charge on any atom is -0.393 e. The van der Waals surface area contributed by atoms with Crippen molar-refractivity contribution in [2.75, 3.05) is 0 Å². The van der Waals surface area contributed by atoms with Crippen LogP contribution in [0.25, 0.3) is 0 Å². The number of guanidine groups is 1. The third-order valence-electron chi connectivity index (χ3n) is 9.92. The first kappa shape index (κ1) is 21.1. The Labute approximate surface area is 175 Å². The molecule has 29 heavy (non-hydrogen) atoms. The maximum Gasteiger partial charge on any atom is 0.211 e. The molecule has 0 aliphatic heterocycles. The molecule has 164 valence electrons. The van der Waals surface area contributed by atoms with Crippen LogP contribution in [0, 0.1) is 34.5 Å². The molecule has 0 spiro atoms. The van der Waals surface area contributed by atoms with Gasteiger partial charge in [-0.1, -0.05) is 13.8 Å². The number of hydrogen-bond acceptors (Lipinski definition) is 4. The molecule has 4 rings (SSSR count). The first-order valence-electron chi connectivity index (χ1n) is 11.7. The molecule has 4 saturated carbocycles. The highest BCUT2D eigenvalue weighted by molar-refractivity contribution is 5.76. The summed E-state index contributed by atoms with van der Waals surface area (Å²) in [6.07, 6.45) is 13.3. The lowest BCUT2D eigenvalue weighted by Gasteiger charge is -2.63. The predicted octanol–water partition coefficient (Wildman–Crippen LogP) is 3.16. The van der Waals surface area contributed by atoms with Crippen LogP contribution in [-0.2, 0) is 0 Å². The van der Waals surface area contributed by atoms with Gasteiger partial charge >= 0.3 is 0 Å². The van der Waals surface area contributed by atoms with Crippen LogP contribution in [0.15, 0.2) is 10.2 Å². The quantitative estimate of drug-likeness (QED) is 0.327. The van der Waals surface area contributed by atoms with Crippen LogP contribution in [0.2, 0.25) is 0 Å². The second-order valence-electron chi connectivity index (χ2n) is 10.9. The van der Waals surface area contributed by atoms with Crippen molar-refractivity contribution < 1.29 is 10.2 Å². The average molecular weight is 405 g/mol. The van der Waals surface area contributed by atoms with Crippen LogP contribution >= 0.6 is 0 Å². The summed E-state index contributed by atoms with van der Waals surface area (Å²) >= 11 is 0. The number of aliphatic hydroxyl groups is 2. The summed E-state index contributed by atoms with van der Waals surface area (Å²) in [5.41, 5.74) is 10.4. The van der Waals surface area contributed by atoms with Crippen LogP contribution in [0.3, 0.4) is 0 Å². The van der Waals surface area contributed by atoms with Gasteiger partial charge in [0.1, 0.15) is 0 Å². The number of aliphatic hydroxyl groups excluding tert-OH is 1. The molecule has 0 saturated heterocycles. The summed E-state index contributed by atoms with van der Waals surface area (Å²) in [5, 5.41) is 29.9. The molecule has 0 aromatic rings. The van der Waals surface area contributed by atoms with Gasteiger partial charge in [-0.15, -0.1) is 5.10 Å². The molecule has 6 nitrogen and oxygen atoms in total. The first-order chi connectivity index (χ1) is 13.7. The molecule has 0 amide bonds. The molecular weight excluding hydrogens is 364 g/mol. The third kappa shape index (κ3) is 3.31. The molecule has 6 heteroatoms. The van der Waals surface area contributed by atoms with Crippen LogP contribution < -0.4 is 11.5 Å². The Balaban J connectivity index is 1.49. The Morgan fingerprint density at radius 1 is 1.03 bits per heavy atom. The molecule has 0 bridgehead atoms. The molecule has 0 radical (unpaired) electrons. The van der Waals surface area contributed by atoms with Crippen molar-refractivity contribution in [3.8, 4) is 0 Å². The van der Waals surface area contributed by atoms with Crippen molar-refractivity contribution in [2.24, 2.45) is 56.2 Å². The lowest BCUT2D eigenvalue weighted by Crippen LogP contribution is -2.62. The number of rotatable bonds is 4. The van der Waals surface area contributed by atoms with Crippen molar-refractivity contribution in [2.45, 2.75) is 96.2 Å². The monoisotopic (exact) mass is 404 g/mol. The van der Waals surface area contributed by atoms with Gasteiger partial charge in [-0.05, 0) is 105 Å². The van der Waals surface area contributed by atoms with Crippen molar-refractivity contribution in [1.29, 1.82) is 0 Å². The molecule has 4 aliphatic carbocycles. The van der Waals surface area contributed by atoms with E-state index in [0.29, 0.717) is 29.1 Å². The molecular formula is C23H40N4O2. The smallest absolute Gasteiger partial charge is 0.211 e. The van der Waals surface area contributed by atoms with Crippen LogP contribution in [0.4, 0.5) is 0 Å². The molecule has 4 fully saturated rings. The normalized spacial score (nSPS) is 49.3. The van der Waals surface area contributed by atoms with Crippen LogP contribution in [-0.4, -0.2) is 34.1 Å². The number of hydrogen-bond donors (Lipinski definition) is 4. The Hall–Kier alpha value is -1.14. The maximum absolute atomic E-state index is 12.1. The van der Waals surface area contributed by atoms with E-state index in [-0.39, 0.29) is 17.5 Å². The van der Waals surface area contributed by atoms with Gasteiger partial charge in [-0.2, -0.15) is 5.10 Å². The standard InChI is InChI=1S/C23H40N4O2/c1-21-10-8-17(28)14-16(21)5-6-19-18(21)9-11-22(2)15(7-12-23(19,22)29)4-3-13-26-27-20(24)25/h13,15-19,28-29H,3-12,14H2,1-2H3,(H4,24,25,27)/t15-,16+,17-,18-,19+,21-,22+,23-/m0/s1. The van der Waals surface area contributed by atoms with E-state index in [4.69, 9.17) is 11.5 Å². The predicted molar refractivity (Wildman–Crippen MR) is 116 cm³/mol. The zero-order valence-corrected chi connectivity index (χ0v) is 18.2. The van der Waals surface area contributed by atoms with Crippen molar-refractivity contribution >= 4 is 12.2 Å². The summed E-state index contributed by atoms with van der Waals surface area (Å²) in [7, 11) is 0. The van der Waals surface area contributed by atoms with E-state index in [1.807, 2.05) is 0 Å². The molecule has 0 heterocycles. The number of fused-ring (bicyclic) bond motifs is 5. The van der Waals surface area contributed by atoms with E-state index in [0.717, 1.165) is 57.8 Å². The molecule has 0 aromatic carbocycles. The van der Waals surface area contributed by atoms with Crippen LogP contribution in [0.1, 0.15) is 84.5 Å². The van der Waals surface area contributed by atoms with Crippen molar-refractivity contribution in [3.63, 3.8) is 0 Å². The van der Waals surface area contributed by atoms with Gasteiger partial charge in [0.05, 0.1) is 11.7 Å². The number of nitrogens with zero attached hydrogens (tertiary/aromatic N) is 2. The molecule has 0 aromatic heterocycles. The van der Waals surface area contributed by atoms with Gasteiger partial charge in [-0.3, -0.25) is 0 Å². The highest BCUT2D eigenvalue weighted by Gasteiger charge is 2.66. The fraction of sp³-hybridized carbons (Fsp3) is 0.913. The van der Waals surface area contributed by atoms with Crippen LogP contribution in [0.5, 0.6) is 0 Å². The minimum atomic E-state index is -0.540. The Morgan fingerprint density at radius 2 is 1.83 bits per heavy atom. The SMILES string of the molecule is C[C@]12CC[C@H](O)C[C@H]1CC[C@@H]1[C@@H]2CC[C@]2(C)[C@@H](CCC=NN=C(N)N)CC[C@]12O. The van der Waals surface area contributed by atoms with Gasteiger partial charge in [0.15, 0.2) is 0 Å². The lowest BCUT2D eigenvalue weighted by molar-refractivity contribution is -0.210. The van der Waals surface area contributed by atoms with E-state index in [2.05, 4.69) is 24.1 Å². The molecule has 8 atom stereocenters. The average Bonchev–Trinajstić information content (AvgIpc) is 2.93. The summed E-state index contributed by atoms with van der Waals surface area (Å²) in [6, 6.07) is 0. The summed E-state index contributed by atoms with van der Waals surface area (Å²) in [5.74, 6) is 2.16. The largest absolute Gasteiger partial charge is 0.393 e. The fourth-order valence-electron chi connectivity index (χ4n) is 8.22. The second kappa shape index (κ2) is 7.52. The highest BCUT2D eigenvalue weighted by Crippen LogP contribution is 2.69. The summed E-state index contributed by atoms with van der Waals surface area (Å²) in [6.45, 7) is 4.83. The topological polar surface area (TPSA) is 117 Å². The molecule has 4 aliphatic rings. The maximum atomic E-state index is 12.1. The van der Waals surface area contributed by atoms with E-state index < -0.39 is 5.60 Å². The van der Waals surface area contributed by atoms with E-state index in [1.165, 1.54) is 12.8 Å². The first-order valence-corrected chi connectivity index (χ1v) is 11.7. The second-order valence-corrected chi connectivity index (χ2v) is 10.9. The van der Waals surface area contributed by atoms with Crippen molar-refractivity contribution in [1.82, 2.24) is 0 Å². The summed E-state index contributed by atoms with van der Waals surface area (Å²) in [4.78, 5) is 0. The fourth-order valence-corrected chi connectivity index (χ4v) is 8.22. The van der Waals surface area contributed by atoms with E-state index in [9.17, 15) is 10.2 Å². The zero-order chi connectivity index (χ0) is 20.9. The van der Waals surface area contributed by atoms with Gasteiger partial charge in [0.2, 0.25) is 5.96 Å². The van der Waals surface area contributed by atoms with Gasteiger partial charge in [0, 0.05) is 6.21 Å². The molecule has 6 N–H and O–H groups in total. The third-order valence-corrected chi connectivity index (χ3v) is 9.92. The molecule has 0 unspecified atom stereocenters. The van der Waals surface area contributed by atoms with Crippen molar-refractivity contribution in [3.05, 3.63) is 0 Å². The van der Waals surface area contributed by atoms with Gasteiger partial charge < -0.3 is 21.7 Å². The van der Waals surface area contributed by atoms with E-state index in [1.54, 1.807) is 6.21 Å². The van der Waals surface area contributed by atoms with E-state index >= 15 is 0 Å². The Kier molecular flexibility index (Phi) is 5.48. The minimum absolute atomic E-state index is 0.00442. The Bertz CT molecular complexity index is 678. The Morgan fingerprint density at radius 3 is 2.59 bits per heavy atom. The lowest BCUT2D eigenvalue weighted by atomic mass is 9.43. The zero-order valence-electron chi connectivity index (χ0n) is 18.2. The van der Waals surface area contributed by atoms with Gasteiger partial charge in [-0.25, -0.2) is 0 Å². The van der Waals surface area contributed by atoms with Gasteiger partial charge in [0.25, 0.3) is 0 Å². The number of nitrogens with two attached hydrogens (primary N) is 2. The summed E-state index contributed by atoms with van der Waals surface area (Å²) < 4.78 is 0. The highest BCUT2D eigenvalue weighted by atomic mass is 16.3.